The number of Topliss-reactive ketones (excluding diaryl/α,β-unsaturated/α-hetero) is 1. The van der Waals surface area contributed by atoms with Crippen molar-refractivity contribution in [2.45, 2.75) is 46.0 Å². The van der Waals surface area contributed by atoms with Gasteiger partial charge in [-0.2, -0.15) is 5.26 Å². The number of benzene rings is 2. The Morgan fingerprint density at radius 2 is 1.91 bits per heavy atom. The van der Waals surface area contributed by atoms with Crippen LogP contribution in [0.2, 0.25) is 0 Å². The van der Waals surface area contributed by atoms with Crippen molar-refractivity contribution in [2.24, 2.45) is 0 Å². The van der Waals surface area contributed by atoms with E-state index in [1.807, 2.05) is 63.2 Å². The van der Waals surface area contributed by atoms with Crippen LogP contribution in [0.3, 0.4) is 0 Å². The number of carbonyl (C=O) groups excluding carboxylic acids is 2. The molecule has 1 amide bonds. The third kappa shape index (κ3) is 5.13. The quantitative estimate of drug-likeness (QED) is 0.536. The molecule has 2 aromatic rings. The number of carbonyl (C=O) groups is 2. The van der Waals surface area contributed by atoms with Crippen LogP contribution in [0.1, 0.15) is 48.8 Å². The third-order valence-corrected chi connectivity index (χ3v) is 7.30. The molecule has 1 atom stereocenters. The fourth-order valence-electron chi connectivity index (χ4n) is 4.68. The summed E-state index contributed by atoms with van der Waals surface area (Å²) < 4.78 is 5.86. The highest BCUT2D eigenvalue weighted by Crippen LogP contribution is 2.46. The molecule has 0 saturated carbocycles. The smallest absolute Gasteiger partial charge is 0.234 e. The van der Waals surface area contributed by atoms with Crippen molar-refractivity contribution >= 4 is 29.1 Å². The van der Waals surface area contributed by atoms with Gasteiger partial charge in [-0.05, 0) is 50.8 Å². The molecule has 4 rings (SSSR count). The Morgan fingerprint density at radius 3 is 2.63 bits per heavy atom. The SMILES string of the molecule is CCOc1ccccc1C1C(C#N)=C(SCC(=O)Nc2c(C)cccc2C)NC2=C1C(=O)CCC2. The minimum atomic E-state index is -0.518. The summed E-state index contributed by atoms with van der Waals surface area (Å²) >= 11 is 1.29. The number of rotatable bonds is 7. The molecule has 0 radical (unpaired) electrons. The predicted molar refractivity (Wildman–Crippen MR) is 139 cm³/mol. The Bertz CT molecular complexity index is 1250. The van der Waals surface area contributed by atoms with Crippen molar-refractivity contribution in [1.82, 2.24) is 5.32 Å². The number of anilines is 1. The van der Waals surface area contributed by atoms with Crippen LogP contribution in [-0.4, -0.2) is 24.1 Å². The van der Waals surface area contributed by atoms with Gasteiger partial charge in [-0.15, -0.1) is 0 Å². The molecule has 0 aromatic heterocycles. The fourth-order valence-corrected chi connectivity index (χ4v) is 5.54. The molecule has 0 bridgehead atoms. The Morgan fingerprint density at radius 1 is 1.17 bits per heavy atom. The van der Waals surface area contributed by atoms with E-state index in [1.54, 1.807) is 0 Å². The number of dihydropyridines is 1. The highest BCUT2D eigenvalue weighted by molar-refractivity contribution is 8.03. The molecule has 1 unspecified atom stereocenters. The fraction of sp³-hybridized carbons (Fsp3) is 0.321. The summed E-state index contributed by atoms with van der Waals surface area (Å²) in [7, 11) is 0. The van der Waals surface area contributed by atoms with Crippen LogP contribution in [0.15, 0.2) is 64.3 Å². The molecule has 0 saturated heterocycles. The largest absolute Gasteiger partial charge is 0.494 e. The number of allylic oxidation sites excluding steroid dienone is 3. The van der Waals surface area contributed by atoms with E-state index in [9.17, 15) is 14.9 Å². The van der Waals surface area contributed by atoms with Crippen molar-refractivity contribution in [3.63, 3.8) is 0 Å². The summed E-state index contributed by atoms with van der Waals surface area (Å²) in [5.74, 6) is 0.190. The lowest BCUT2D eigenvalue weighted by atomic mass is 9.76. The molecule has 2 aliphatic rings. The average Bonchev–Trinajstić information content (AvgIpc) is 2.85. The van der Waals surface area contributed by atoms with Gasteiger partial charge in [0, 0.05) is 28.9 Å². The maximum atomic E-state index is 13.0. The summed E-state index contributed by atoms with van der Waals surface area (Å²) in [5.41, 5.74) is 5.54. The van der Waals surface area contributed by atoms with E-state index >= 15 is 0 Å². The van der Waals surface area contributed by atoms with E-state index in [-0.39, 0.29) is 17.4 Å². The van der Waals surface area contributed by atoms with Gasteiger partial charge in [-0.25, -0.2) is 0 Å². The second-order valence-electron chi connectivity index (χ2n) is 8.66. The zero-order valence-corrected chi connectivity index (χ0v) is 21.1. The van der Waals surface area contributed by atoms with Crippen molar-refractivity contribution < 1.29 is 14.3 Å². The van der Waals surface area contributed by atoms with Crippen molar-refractivity contribution in [2.75, 3.05) is 17.7 Å². The molecule has 1 heterocycles. The standard InChI is InChI=1S/C28H29N3O3S/c1-4-34-23-14-6-5-11-19(23)25-20(15-29)28(30-21-12-8-13-22(32)26(21)25)35-16-24(33)31-27-17(2)9-7-10-18(27)3/h5-7,9-11,14,25,30H,4,8,12-13,16H2,1-3H3,(H,31,33). The lowest BCUT2D eigenvalue weighted by Gasteiger charge is -2.33. The van der Waals surface area contributed by atoms with E-state index in [0.29, 0.717) is 35.0 Å². The average molecular weight is 488 g/mol. The van der Waals surface area contributed by atoms with Crippen LogP contribution in [0.4, 0.5) is 5.69 Å². The first-order valence-electron chi connectivity index (χ1n) is 11.8. The first-order chi connectivity index (χ1) is 16.9. The first-order valence-corrected chi connectivity index (χ1v) is 12.8. The van der Waals surface area contributed by atoms with E-state index in [1.165, 1.54) is 11.8 Å². The molecule has 1 aliphatic carbocycles. The minimum Gasteiger partial charge on any atom is -0.494 e. The van der Waals surface area contributed by atoms with Gasteiger partial charge in [-0.3, -0.25) is 9.59 Å². The van der Waals surface area contributed by atoms with Crippen LogP contribution in [0.5, 0.6) is 5.75 Å². The highest BCUT2D eigenvalue weighted by Gasteiger charge is 2.38. The summed E-state index contributed by atoms with van der Waals surface area (Å²) in [6.07, 6.45) is 1.95. The maximum Gasteiger partial charge on any atom is 0.234 e. The van der Waals surface area contributed by atoms with Gasteiger partial charge in [0.05, 0.1) is 34.9 Å². The normalized spacial score (nSPS) is 17.4. The van der Waals surface area contributed by atoms with E-state index in [0.717, 1.165) is 40.9 Å². The highest BCUT2D eigenvalue weighted by atomic mass is 32.2. The van der Waals surface area contributed by atoms with Gasteiger partial charge in [0.15, 0.2) is 5.78 Å². The maximum absolute atomic E-state index is 13.0. The number of thioether (sulfide) groups is 1. The number of ketones is 1. The molecule has 1 aliphatic heterocycles. The summed E-state index contributed by atoms with van der Waals surface area (Å²) in [4.78, 5) is 25.9. The molecule has 35 heavy (non-hydrogen) atoms. The van der Waals surface area contributed by atoms with Crippen LogP contribution in [0, 0.1) is 25.2 Å². The van der Waals surface area contributed by atoms with Crippen molar-refractivity contribution in [3.05, 3.63) is 81.0 Å². The molecule has 0 fully saturated rings. The predicted octanol–water partition coefficient (Wildman–Crippen LogP) is 5.50. The second-order valence-corrected chi connectivity index (χ2v) is 9.64. The minimum absolute atomic E-state index is 0.0552. The van der Waals surface area contributed by atoms with Crippen LogP contribution >= 0.6 is 11.8 Å². The van der Waals surface area contributed by atoms with E-state index < -0.39 is 5.92 Å². The van der Waals surface area contributed by atoms with Gasteiger partial charge in [0.2, 0.25) is 5.91 Å². The Hall–Kier alpha value is -3.50. The summed E-state index contributed by atoms with van der Waals surface area (Å²) in [6.45, 7) is 6.31. The van der Waals surface area contributed by atoms with Gasteiger partial charge >= 0.3 is 0 Å². The molecular weight excluding hydrogens is 458 g/mol. The lowest BCUT2D eigenvalue weighted by molar-refractivity contribution is -0.116. The number of hydrogen-bond donors (Lipinski definition) is 2. The number of amides is 1. The molecule has 180 valence electrons. The van der Waals surface area contributed by atoms with Crippen LogP contribution < -0.4 is 15.4 Å². The number of para-hydroxylation sites is 2. The molecule has 2 aromatic carbocycles. The molecular formula is C28H29N3O3S. The topological polar surface area (TPSA) is 91.2 Å². The zero-order valence-electron chi connectivity index (χ0n) is 20.2. The number of nitrogens with zero attached hydrogens (tertiary/aromatic N) is 1. The number of nitriles is 1. The lowest BCUT2D eigenvalue weighted by Crippen LogP contribution is -2.32. The van der Waals surface area contributed by atoms with E-state index in [4.69, 9.17) is 4.74 Å². The van der Waals surface area contributed by atoms with Gasteiger partial charge in [0.1, 0.15) is 5.75 Å². The van der Waals surface area contributed by atoms with Gasteiger partial charge in [-0.1, -0.05) is 48.2 Å². The first kappa shape index (κ1) is 24.6. The Labute approximate surface area is 210 Å². The molecule has 0 spiro atoms. The second kappa shape index (κ2) is 10.8. The molecule has 7 heteroatoms. The number of nitrogens with one attached hydrogen (secondary N) is 2. The van der Waals surface area contributed by atoms with Crippen molar-refractivity contribution in [3.8, 4) is 11.8 Å². The zero-order chi connectivity index (χ0) is 24.9. The summed E-state index contributed by atoms with van der Waals surface area (Å²) in [6, 6.07) is 15.8. The van der Waals surface area contributed by atoms with Gasteiger partial charge < -0.3 is 15.4 Å². The number of ether oxygens (including phenoxy) is 1. The van der Waals surface area contributed by atoms with Crippen LogP contribution in [-0.2, 0) is 9.59 Å². The third-order valence-electron chi connectivity index (χ3n) is 6.29. The van der Waals surface area contributed by atoms with Crippen LogP contribution in [0.25, 0.3) is 0 Å². The number of hydrogen-bond acceptors (Lipinski definition) is 6. The molecule has 6 nitrogen and oxygen atoms in total. The molecule has 2 N–H and O–H groups in total. The van der Waals surface area contributed by atoms with Gasteiger partial charge in [0.25, 0.3) is 0 Å². The van der Waals surface area contributed by atoms with Crippen molar-refractivity contribution in [1.29, 1.82) is 5.26 Å². The number of aryl methyl sites for hydroxylation is 2. The van der Waals surface area contributed by atoms with E-state index in [2.05, 4.69) is 16.7 Å². The summed E-state index contributed by atoms with van der Waals surface area (Å²) in [5, 5.41) is 17.2. The Balaban J connectivity index is 1.66. The monoisotopic (exact) mass is 487 g/mol. The Kier molecular flexibility index (Phi) is 7.62.